The molecule has 7 heteroatoms. The van der Waals surface area contributed by atoms with E-state index in [0.29, 0.717) is 4.90 Å². The maximum absolute atomic E-state index is 12.4. The lowest BCUT2D eigenvalue weighted by atomic mass is 10.1. The Labute approximate surface area is 106 Å². The number of alkyl halides is 3. The lowest BCUT2D eigenvalue weighted by molar-refractivity contribution is -0.138. The predicted octanol–water partition coefficient (Wildman–Crippen LogP) is 2.84. The maximum atomic E-state index is 12.4. The molecule has 0 amide bonds. The number of hydrogen-bond donors (Lipinski definition) is 0. The van der Waals surface area contributed by atoms with Gasteiger partial charge in [0.25, 0.3) is 0 Å². The lowest BCUT2D eigenvalue weighted by Gasteiger charge is -2.09. The highest BCUT2D eigenvalue weighted by Gasteiger charge is 2.31. The quantitative estimate of drug-likeness (QED) is 0.628. The molecule has 0 fully saturated rings. The number of carbonyl (C=O) groups is 1. The maximum Gasteiger partial charge on any atom is 0.416 e. The topological polar surface area (TPSA) is 50.1 Å². The number of nitriles is 1. The largest absolute Gasteiger partial charge is 0.468 e. The van der Waals surface area contributed by atoms with Crippen molar-refractivity contribution >= 4 is 17.7 Å². The number of methoxy groups -OCH3 is 1. The van der Waals surface area contributed by atoms with Gasteiger partial charge in [-0.2, -0.15) is 18.4 Å². The van der Waals surface area contributed by atoms with Crippen LogP contribution in [0, 0.1) is 11.3 Å². The summed E-state index contributed by atoms with van der Waals surface area (Å²) in [5.74, 6) is -0.569. The van der Waals surface area contributed by atoms with Gasteiger partial charge in [0, 0.05) is 4.90 Å². The Morgan fingerprint density at radius 3 is 2.67 bits per heavy atom. The van der Waals surface area contributed by atoms with Crippen molar-refractivity contribution in [2.24, 2.45) is 0 Å². The van der Waals surface area contributed by atoms with Crippen molar-refractivity contribution in [1.82, 2.24) is 0 Å². The minimum atomic E-state index is -4.49. The Morgan fingerprint density at radius 1 is 1.50 bits per heavy atom. The highest BCUT2D eigenvalue weighted by molar-refractivity contribution is 8.00. The molecule has 3 nitrogen and oxygen atoms in total. The third-order valence-electron chi connectivity index (χ3n) is 2.00. The van der Waals surface area contributed by atoms with Gasteiger partial charge in [0.1, 0.15) is 6.07 Å². The summed E-state index contributed by atoms with van der Waals surface area (Å²) < 4.78 is 41.6. The molecular formula is C11H8F3NO2S. The fraction of sp³-hybridized carbons (Fsp3) is 0.273. The standard InChI is InChI=1S/C11H8F3NO2S/c1-17-10(16)6-18-9-3-2-8(11(12,13)14)4-7(9)5-15/h2-4H,6H2,1H3. The number of halogens is 3. The Kier molecular flexibility index (Phi) is 4.62. The smallest absolute Gasteiger partial charge is 0.416 e. The van der Waals surface area contributed by atoms with E-state index in [4.69, 9.17) is 5.26 Å². The van der Waals surface area contributed by atoms with Crippen LogP contribution in [0.3, 0.4) is 0 Å². The van der Waals surface area contributed by atoms with Gasteiger partial charge in [-0.15, -0.1) is 11.8 Å². The first-order valence-corrected chi connectivity index (χ1v) is 5.68. The molecule has 0 heterocycles. The van der Waals surface area contributed by atoms with Crippen LogP contribution in [0.25, 0.3) is 0 Å². The normalized spacial score (nSPS) is 10.8. The molecule has 0 aliphatic heterocycles. The SMILES string of the molecule is COC(=O)CSc1ccc(C(F)(F)F)cc1C#N. The number of hydrogen-bond acceptors (Lipinski definition) is 4. The van der Waals surface area contributed by atoms with E-state index in [-0.39, 0.29) is 11.3 Å². The summed E-state index contributed by atoms with van der Waals surface area (Å²) in [4.78, 5) is 11.2. The number of nitrogens with zero attached hydrogens (tertiary/aromatic N) is 1. The van der Waals surface area contributed by atoms with Gasteiger partial charge >= 0.3 is 12.1 Å². The van der Waals surface area contributed by atoms with Crippen molar-refractivity contribution in [3.05, 3.63) is 29.3 Å². The van der Waals surface area contributed by atoms with E-state index in [1.807, 2.05) is 0 Å². The fourth-order valence-electron chi connectivity index (χ4n) is 1.12. The molecule has 1 aromatic rings. The summed E-state index contributed by atoms with van der Waals surface area (Å²) in [7, 11) is 1.21. The van der Waals surface area contributed by atoms with Crippen molar-refractivity contribution in [2.45, 2.75) is 11.1 Å². The van der Waals surface area contributed by atoms with Gasteiger partial charge in [-0.25, -0.2) is 0 Å². The van der Waals surface area contributed by atoms with Crippen molar-refractivity contribution in [1.29, 1.82) is 5.26 Å². The third kappa shape index (κ3) is 3.67. The van der Waals surface area contributed by atoms with Gasteiger partial charge in [-0.05, 0) is 18.2 Å². The monoisotopic (exact) mass is 275 g/mol. The molecule has 0 saturated heterocycles. The summed E-state index contributed by atoms with van der Waals surface area (Å²) >= 11 is 0.959. The van der Waals surface area contributed by atoms with E-state index in [9.17, 15) is 18.0 Å². The summed E-state index contributed by atoms with van der Waals surface area (Å²) in [6, 6.07) is 4.49. The van der Waals surface area contributed by atoms with Crippen LogP contribution in [0.4, 0.5) is 13.2 Å². The van der Waals surface area contributed by atoms with Crippen LogP contribution in [-0.4, -0.2) is 18.8 Å². The van der Waals surface area contributed by atoms with Gasteiger partial charge in [-0.1, -0.05) is 0 Å². The van der Waals surface area contributed by atoms with E-state index in [0.717, 1.165) is 23.9 Å². The minimum absolute atomic E-state index is 0.0590. The molecule has 0 aliphatic carbocycles. The Bertz CT molecular complexity index is 494. The average Bonchev–Trinajstić information content (AvgIpc) is 2.34. The fourth-order valence-corrected chi connectivity index (χ4v) is 1.93. The third-order valence-corrected chi connectivity index (χ3v) is 3.05. The van der Waals surface area contributed by atoms with Crippen LogP contribution in [0.15, 0.2) is 23.1 Å². The zero-order valence-electron chi connectivity index (χ0n) is 9.25. The van der Waals surface area contributed by atoms with E-state index in [2.05, 4.69) is 4.74 Å². The number of thioether (sulfide) groups is 1. The Balaban J connectivity index is 2.95. The van der Waals surface area contributed by atoms with Crippen molar-refractivity contribution in [3.8, 4) is 6.07 Å². The molecule has 1 aromatic carbocycles. The predicted molar refractivity (Wildman–Crippen MR) is 58.9 cm³/mol. The van der Waals surface area contributed by atoms with Gasteiger partial charge in [0.15, 0.2) is 0 Å². The summed E-state index contributed by atoms with van der Waals surface area (Å²) in [5, 5.41) is 8.78. The first-order valence-electron chi connectivity index (χ1n) is 4.69. The lowest BCUT2D eigenvalue weighted by Crippen LogP contribution is -2.06. The van der Waals surface area contributed by atoms with Crippen LogP contribution in [0.1, 0.15) is 11.1 Å². The molecule has 0 spiro atoms. The van der Waals surface area contributed by atoms with E-state index < -0.39 is 17.7 Å². The van der Waals surface area contributed by atoms with Crippen molar-refractivity contribution in [3.63, 3.8) is 0 Å². The molecule has 0 radical (unpaired) electrons. The van der Waals surface area contributed by atoms with E-state index in [1.54, 1.807) is 6.07 Å². The summed E-state index contributed by atoms with van der Waals surface area (Å²) in [5.41, 5.74) is -1.000. The molecule has 0 atom stereocenters. The molecule has 96 valence electrons. The first kappa shape index (κ1) is 14.4. The minimum Gasteiger partial charge on any atom is -0.468 e. The highest BCUT2D eigenvalue weighted by Crippen LogP contribution is 2.32. The number of rotatable bonds is 3. The molecule has 0 N–H and O–H groups in total. The second-order valence-corrected chi connectivity index (χ2v) is 4.20. The van der Waals surface area contributed by atoms with Gasteiger partial charge in [0.2, 0.25) is 0 Å². The molecule has 0 saturated carbocycles. The molecule has 1 rings (SSSR count). The van der Waals surface area contributed by atoms with Crippen LogP contribution in [0.2, 0.25) is 0 Å². The molecule has 0 bridgehead atoms. The van der Waals surface area contributed by atoms with Crippen LogP contribution in [0.5, 0.6) is 0 Å². The van der Waals surface area contributed by atoms with Crippen LogP contribution >= 0.6 is 11.8 Å². The van der Waals surface area contributed by atoms with Gasteiger partial charge < -0.3 is 4.74 Å². The van der Waals surface area contributed by atoms with Crippen LogP contribution in [-0.2, 0) is 15.7 Å². The first-order chi connectivity index (χ1) is 8.38. The molecule has 0 unspecified atom stereocenters. The molecular weight excluding hydrogens is 267 g/mol. The van der Waals surface area contributed by atoms with E-state index in [1.165, 1.54) is 13.2 Å². The number of esters is 1. The summed E-state index contributed by atoms with van der Waals surface area (Å²) in [6.07, 6.45) is -4.49. The Hall–Kier alpha value is -1.68. The highest BCUT2D eigenvalue weighted by atomic mass is 32.2. The summed E-state index contributed by atoms with van der Waals surface area (Å²) in [6.45, 7) is 0. The zero-order chi connectivity index (χ0) is 13.8. The number of ether oxygens (including phenoxy) is 1. The van der Waals surface area contributed by atoms with Gasteiger partial charge in [-0.3, -0.25) is 4.79 Å². The molecule has 18 heavy (non-hydrogen) atoms. The number of benzene rings is 1. The Morgan fingerprint density at radius 2 is 2.17 bits per heavy atom. The van der Waals surface area contributed by atoms with Gasteiger partial charge in [0.05, 0.1) is 24.0 Å². The second kappa shape index (κ2) is 5.78. The molecule has 0 aromatic heterocycles. The van der Waals surface area contributed by atoms with Crippen molar-refractivity contribution < 1.29 is 22.7 Å². The second-order valence-electron chi connectivity index (χ2n) is 3.19. The average molecular weight is 275 g/mol. The number of carbonyl (C=O) groups excluding carboxylic acids is 1. The van der Waals surface area contributed by atoms with Crippen molar-refractivity contribution in [2.75, 3.05) is 12.9 Å². The van der Waals surface area contributed by atoms with E-state index >= 15 is 0 Å². The molecule has 0 aliphatic rings. The van der Waals surface area contributed by atoms with Crippen LogP contribution < -0.4 is 0 Å². The zero-order valence-corrected chi connectivity index (χ0v) is 10.1.